The first-order chi connectivity index (χ1) is 9.72. The molecule has 2 atom stereocenters. The van der Waals surface area contributed by atoms with Gasteiger partial charge in [0, 0.05) is 12.6 Å². The Kier molecular flexibility index (Phi) is 3.68. The summed E-state index contributed by atoms with van der Waals surface area (Å²) in [5, 5.41) is 0. The highest BCUT2D eigenvalue weighted by Gasteiger charge is 2.36. The molecular weight excluding hydrogens is 250 g/mol. The van der Waals surface area contributed by atoms with Gasteiger partial charge in [0.15, 0.2) is 5.78 Å². The maximum Gasteiger partial charge on any atom is 0.165 e. The van der Waals surface area contributed by atoms with Gasteiger partial charge < -0.3 is 9.64 Å². The Morgan fingerprint density at radius 3 is 2.80 bits per heavy atom. The van der Waals surface area contributed by atoms with Crippen LogP contribution in [-0.2, 0) is 0 Å². The van der Waals surface area contributed by atoms with Crippen LogP contribution in [0.4, 0.5) is 5.69 Å². The quantitative estimate of drug-likeness (QED) is 0.787. The Bertz CT molecular complexity index is 512. The number of hydrogen-bond acceptors (Lipinski definition) is 3. The minimum absolute atomic E-state index is 0.0950. The molecule has 20 heavy (non-hydrogen) atoms. The third-order valence-electron chi connectivity index (χ3n) is 4.88. The monoisotopic (exact) mass is 273 g/mol. The van der Waals surface area contributed by atoms with E-state index >= 15 is 0 Å². The number of ketones is 1. The van der Waals surface area contributed by atoms with Crippen molar-refractivity contribution in [1.82, 2.24) is 0 Å². The molecule has 1 heterocycles. The molecule has 0 bridgehead atoms. The van der Waals surface area contributed by atoms with E-state index in [2.05, 4.69) is 11.0 Å². The Morgan fingerprint density at radius 1 is 1.25 bits per heavy atom. The maximum absolute atomic E-state index is 12.1. The van der Waals surface area contributed by atoms with E-state index in [1.54, 1.807) is 14.0 Å². The SMILES string of the molecule is COc1cccc(N2CCCC3CCCC32)c1C(C)=O. The van der Waals surface area contributed by atoms with Crippen LogP contribution in [0.5, 0.6) is 5.75 Å². The van der Waals surface area contributed by atoms with Gasteiger partial charge in [-0.2, -0.15) is 0 Å². The zero-order valence-electron chi connectivity index (χ0n) is 12.4. The van der Waals surface area contributed by atoms with E-state index in [9.17, 15) is 4.79 Å². The highest BCUT2D eigenvalue weighted by atomic mass is 16.5. The van der Waals surface area contributed by atoms with Gasteiger partial charge in [0.2, 0.25) is 0 Å². The number of anilines is 1. The van der Waals surface area contributed by atoms with Crippen LogP contribution in [0, 0.1) is 5.92 Å². The Balaban J connectivity index is 2.02. The van der Waals surface area contributed by atoms with Crippen molar-refractivity contribution >= 4 is 11.5 Å². The number of carbonyl (C=O) groups excluding carboxylic acids is 1. The van der Waals surface area contributed by atoms with Crippen LogP contribution in [-0.4, -0.2) is 25.5 Å². The molecule has 2 fully saturated rings. The number of nitrogens with zero attached hydrogens (tertiary/aromatic N) is 1. The molecule has 1 saturated carbocycles. The molecule has 0 N–H and O–H groups in total. The van der Waals surface area contributed by atoms with Gasteiger partial charge in [-0.15, -0.1) is 0 Å². The van der Waals surface area contributed by atoms with Crippen LogP contribution >= 0.6 is 0 Å². The summed E-state index contributed by atoms with van der Waals surface area (Å²) in [4.78, 5) is 14.5. The Morgan fingerprint density at radius 2 is 2.05 bits per heavy atom. The maximum atomic E-state index is 12.1. The molecule has 0 amide bonds. The van der Waals surface area contributed by atoms with Crippen molar-refractivity contribution in [1.29, 1.82) is 0 Å². The second kappa shape index (κ2) is 5.47. The molecule has 3 heteroatoms. The van der Waals surface area contributed by atoms with Crippen LogP contribution in [0.15, 0.2) is 18.2 Å². The molecule has 0 aromatic heterocycles. The molecule has 1 aliphatic heterocycles. The normalized spacial score (nSPS) is 25.4. The van der Waals surface area contributed by atoms with Gasteiger partial charge in [-0.05, 0) is 50.7 Å². The number of methoxy groups -OCH3 is 1. The number of ether oxygens (including phenoxy) is 1. The summed E-state index contributed by atoms with van der Waals surface area (Å²) in [6, 6.07) is 6.59. The lowest BCUT2D eigenvalue weighted by atomic mass is 9.90. The molecule has 1 aliphatic carbocycles. The first-order valence-electron chi connectivity index (χ1n) is 7.67. The smallest absolute Gasteiger partial charge is 0.165 e. The summed E-state index contributed by atoms with van der Waals surface area (Å²) >= 11 is 0. The summed E-state index contributed by atoms with van der Waals surface area (Å²) < 4.78 is 5.40. The first-order valence-corrected chi connectivity index (χ1v) is 7.67. The fraction of sp³-hybridized carbons (Fsp3) is 0.588. The largest absolute Gasteiger partial charge is 0.496 e. The van der Waals surface area contributed by atoms with E-state index in [0.29, 0.717) is 11.8 Å². The Hall–Kier alpha value is -1.51. The van der Waals surface area contributed by atoms with Crippen LogP contribution in [0.25, 0.3) is 0 Å². The fourth-order valence-electron chi connectivity index (χ4n) is 4.04. The number of piperidine rings is 1. The van der Waals surface area contributed by atoms with Gasteiger partial charge in [0.1, 0.15) is 5.75 Å². The zero-order valence-corrected chi connectivity index (χ0v) is 12.4. The first kappa shape index (κ1) is 13.5. The van der Waals surface area contributed by atoms with E-state index in [-0.39, 0.29) is 5.78 Å². The van der Waals surface area contributed by atoms with Gasteiger partial charge >= 0.3 is 0 Å². The highest BCUT2D eigenvalue weighted by molar-refractivity contribution is 6.02. The van der Waals surface area contributed by atoms with Crippen molar-refractivity contribution in [3.8, 4) is 5.75 Å². The van der Waals surface area contributed by atoms with E-state index in [1.807, 2.05) is 12.1 Å². The van der Waals surface area contributed by atoms with Gasteiger partial charge in [0.25, 0.3) is 0 Å². The number of benzene rings is 1. The molecule has 0 spiro atoms. The number of rotatable bonds is 3. The molecule has 3 nitrogen and oxygen atoms in total. The minimum Gasteiger partial charge on any atom is -0.496 e. The van der Waals surface area contributed by atoms with E-state index in [4.69, 9.17) is 4.74 Å². The van der Waals surface area contributed by atoms with Crippen LogP contribution in [0.2, 0.25) is 0 Å². The highest BCUT2D eigenvalue weighted by Crippen LogP contribution is 2.41. The van der Waals surface area contributed by atoms with Crippen LogP contribution in [0.1, 0.15) is 49.4 Å². The van der Waals surface area contributed by atoms with Crippen molar-refractivity contribution in [3.63, 3.8) is 0 Å². The second-order valence-electron chi connectivity index (χ2n) is 6.00. The van der Waals surface area contributed by atoms with Crippen LogP contribution < -0.4 is 9.64 Å². The summed E-state index contributed by atoms with van der Waals surface area (Å²) in [7, 11) is 1.64. The number of carbonyl (C=O) groups is 1. The third kappa shape index (κ3) is 2.19. The standard InChI is InChI=1S/C17H23NO2/c1-12(19)17-15(9-4-10-16(17)20-2)18-11-5-7-13-6-3-8-14(13)18/h4,9-10,13-14H,3,5-8,11H2,1-2H3. The molecule has 1 aromatic carbocycles. The zero-order chi connectivity index (χ0) is 14.1. The average Bonchev–Trinajstić information content (AvgIpc) is 2.94. The molecular formula is C17H23NO2. The van der Waals surface area contributed by atoms with Gasteiger partial charge in [0.05, 0.1) is 18.4 Å². The molecule has 3 rings (SSSR count). The van der Waals surface area contributed by atoms with Crippen molar-refractivity contribution in [2.45, 2.75) is 45.1 Å². The molecule has 2 aliphatic rings. The summed E-state index contributed by atoms with van der Waals surface area (Å²) in [5.74, 6) is 1.61. The molecule has 1 aromatic rings. The van der Waals surface area contributed by atoms with E-state index in [1.165, 1.54) is 32.1 Å². The van der Waals surface area contributed by atoms with Crippen molar-refractivity contribution in [3.05, 3.63) is 23.8 Å². The predicted molar refractivity (Wildman–Crippen MR) is 80.7 cm³/mol. The molecule has 0 radical (unpaired) electrons. The Labute approximate surface area is 120 Å². The number of Topliss-reactive ketones (excluding diaryl/α,β-unsaturated/α-hetero) is 1. The number of hydrogen-bond donors (Lipinski definition) is 0. The summed E-state index contributed by atoms with van der Waals surface area (Å²) in [6.45, 7) is 2.70. The lowest BCUT2D eigenvalue weighted by Gasteiger charge is -2.40. The summed E-state index contributed by atoms with van der Waals surface area (Å²) in [5.41, 5.74) is 1.83. The van der Waals surface area contributed by atoms with Crippen molar-refractivity contribution in [2.75, 3.05) is 18.6 Å². The summed E-state index contributed by atoms with van der Waals surface area (Å²) in [6.07, 6.45) is 6.52. The van der Waals surface area contributed by atoms with Gasteiger partial charge in [-0.25, -0.2) is 0 Å². The molecule has 1 saturated heterocycles. The molecule has 2 unspecified atom stereocenters. The minimum atomic E-state index is 0.0950. The molecule has 108 valence electrons. The topological polar surface area (TPSA) is 29.5 Å². The average molecular weight is 273 g/mol. The fourth-order valence-corrected chi connectivity index (χ4v) is 4.04. The van der Waals surface area contributed by atoms with Crippen molar-refractivity contribution in [2.24, 2.45) is 5.92 Å². The van der Waals surface area contributed by atoms with Gasteiger partial charge in [-0.3, -0.25) is 4.79 Å². The number of fused-ring (bicyclic) bond motifs is 1. The van der Waals surface area contributed by atoms with E-state index in [0.717, 1.165) is 23.7 Å². The lowest BCUT2D eigenvalue weighted by Crippen LogP contribution is -2.43. The predicted octanol–water partition coefficient (Wildman–Crippen LogP) is 3.67. The second-order valence-corrected chi connectivity index (χ2v) is 6.00. The van der Waals surface area contributed by atoms with Crippen molar-refractivity contribution < 1.29 is 9.53 Å². The van der Waals surface area contributed by atoms with Gasteiger partial charge in [-0.1, -0.05) is 12.5 Å². The van der Waals surface area contributed by atoms with Crippen LogP contribution in [0.3, 0.4) is 0 Å². The lowest BCUT2D eigenvalue weighted by molar-refractivity contribution is 0.101. The third-order valence-corrected chi connectivity index (χ3v) is 4.88. The van der Waals surface area contributed by atoms with E-state index < -0.39 is 0 Å².